The Labute approximate surface area is 70.2 Å². The van der Waals surface area contributed by atoms with Crippen LogP contribution in [0.15, 0.2) is 6.20 Å². The SMILES string of the molecule is CC1Cn2c(cnc2C=O)CO1. The highest BCUT2D eigenvalue weighted by Gasteiger charge is 2.17. The van der Waals surface area contributed by atoms with Crippen molar-refractivity contribution in [1.29, 1.82) is 0 Å². The molecule has 0 saturated heterocycles. The summed E-state index contributed by atoms with van der Waals surface area (Å²) in [5, 5.41) is 0. The summed E-state index contributed by atoms with van der Waals surface area (Å²) in [4.78, 5) is 14.5. The number of carbonyl (C=O) groups is 1. The summed E-state index contributed by atoms with van der Waals surface area (Å²) < 4.78 is 7.29. The van der Waals surface area contributed by atoms with E-state index in [2.05, 4.69) is 4.98 Å². The smallest absolute Gasteiger partial charge is 0.185 e. The van der Waals surface area contributed by atoms with E-state index in [9.17, 15) is 4.79 Å². The van der Waals surface area contributed by atoms with Crippen LogP contribution in [0.2, 0.25) is 0 Å². The molecule has 12 heavy (non-hydrogen) atoms. The maximum absolute atomic E-state index is 10.5. The molecule has 0 radical (unpaired) electrons. The second-order valence-electron chi connectivity index (χ2n) is 2.96. The lowest BCUT2D eigenvalue weighted by Crippen LogP contribution is -2.25. The van der Waals surface area contributed by atoms with Gasteiger partial charge in [0.25, 0.3) is 0 Å². The van der Waals surface area contributed by atoms with Crippen LogP contribution in [0.1, 0.15) is 23.2 Å². The minimum absolute atomic E-state index is 0.172. The fourth-order valence-corrected chi connectivity index (χ4v) is 1.38. The number of aromatic nitrogens is 2. The molecule has 2 heterocycles. The number of hydrogen-bond donors (Lipinski definition) is 0. The van der Waals surface area contributed by atoms with Gasteiger partial charge in [-0.25, -0.2) is 4.98 Å². The number of ether oxygens (including phenoxy) is 1. The zero-order valence-electron chi connectivity index (χ0n) is 6.86. The van der Waals surface area contributed by atoms with E-state index in [1.54, 1.807) is 6.20 Å². The number of aldehydes is 1. The van der Waals surface area contributed by atoms with Gasteiger partial charge >= 0.3 is 0 Å². The summed E-state index contributed by atoms with van der Waals surface area (Å²) in [6.45, 7) is 3.27. The Morgan fingerprint density at radius 3 is 3.42 bits per heavy atom. The first-order valence-corrected chi connectivity index (χ1v) is 3.92. The predicted molar refractivity (Wildman–Crippen MR) is 41.9 cm³/mol. The normalized spacial score (nSPS) is 21.9. The molecule has 1 aliphatic rings. The van der Waals surface area contributed by atoms with E-state index in [1.165, 1.54) is 0 Å². The lowest BCUT2D eigenvalue weighted by Gasteiger charge is -2.21. The van der Waals surface area contributed by atoms with Crippen molar-refractivity contribution >= 4 is 6.29 Å². The molecule has 0 N–H and O–H groups in total. The van der Waals surface area contributed by atoms with Gasteiger partial charge in [-0.15, -0.1) is 0 Å². The molecule has 4 nitrogen and oxygen atoms in total. The standard InChI is InChI=1S/C8H10N2O2/c1-6-3-10-7(5-12-6)2-9-8(10)4-11/h2,4,6H,3,5H2,1H3. The highest BCUT2D eigenvalue weighted by molar-refractivity contribution is 5.69. The molecule has 0 aliphatic carbocycles. The fraction of sp³-hybridized carbons (Fsp3) is 0.500. The van der Waals surface area contributed by atoms with Crippen LogP contribution in [0.25, 0.3) is 0 Å². The van der Waals surface area contributed by atoms with Crippen LogP contribution >= 0.6 is 0 Å². The molecule has 1 aliphatic heterocycles. The Kier molecular flexibility index (Phi) is 1.69. The van der Waals surface area contributed by atoms with Gasteiger partial charge < -0.3 is 9.30 Å². The van der Waals surface area contributed by atoms with E-state index in [1.807, 2.05) is 11.5 Å². The Morgan fingerprint density at radius 1 is 1.83 bits per heavy atom. The van der Waals surface area contributed by atoms with Gasteiger partial charge in [0.1, 0.15) is 0 Å². The van der Waals surface area contributed by atoms with E-state index in [4.69, 9.17) is 4.74 Å². The third-order valence-electron chi connectivity index (χ3n) is 2.03. The number of fused-ring (bicyclic) bond motifs is 1. The molecule has 1 aromatic heterocycles. The summed E-state index contributed by atoms with van der Waals surface area (Å²) in [7, 11) is 0. The quantitative estimate of drug-likeness (QED) is 0.574. The number of rotatable bonds is 1. The van der Waals surface area contributed by atoms with Gasteiger partial charge in [-0.2, -0.15) is 0 Å². The van der Waals surface area contributed by atoms with Gasteiger partial charge in [-0.3, -0.25) is 4.79 Å². The summed E-state index contributed by atoms with van der Waals surface area (Å²) in [6.07, 6.45) is 2.64. The summed E-state index contributed by atoms with van der Waals surface area (Å²) in [5.74, 6) is 0.500. The molecule has 0 aromatic carbocycles. The maximum atomic E-state index is 10.5. The fourth-order valence-electron chi connectivity index (χ4n) is 1.38. The molecule has 0 amide bonds. The van der Waals surface area contributed by atoms with Crippen LogP contribution in [0.3, 0.4) is 0 Å². The number of nitrogens with zero attached hydrogens (tertiary/aromatic N) is 2. The van der Waals surface area contributed by atoms with Crippen molar-refractivity contribution in [2.75, 3.05) is 0 Å². The Hall–Kier alpha value is -1.16. The summed E-state index contributed by atoms with van der Waals surface area (Å²) in [5.41, 5.74) is 0.982. The van der Waals surface area contributed by atoms with Crippen LogP contribution in [-0.4, -0.2) is 21.9 Å². The van der Waals surface area contributed by atoms with Gasteiger partial charge in [0.2, 0.25) is 0 Å². The molecule has 0 bridgehead atoms. The molecular weight excluding hydrogens is 156 g/mol. The Morgan fingerprint density at radius 2 is 2.67 bits per heavy atom. The summed E-state index contributed by atoms with van der Waals surface area (Å²) in [6, 6.07) is 0. The second-order valence-corrected chi connectivity index (χ2v) is 2.96. The molecule has 0 fully saturated rings. The largest absolute Gasteiger partial charge is 0.370 e. The molecule has 1 unspecified atom stereocenters. The van der Waals surface area contributed by atoms with E-state index in [0.717, 1.165) is 18.5 Å². The lowest BCUT2D eigenvalue weighted by atomic mass is 10.3. The first kappa shape index (κ1) is 7.49. The Bertz CT molecular complexity index is 306. The average Bonchev–Trinajstić information content (AvgIpc) is 2.46. The zero-order valence-corrected chi connectivity index (χ0v) is 6.86. The van der Waals surface area contributed by atoms with Crippen LogP contribution in [-0.2, 0) is 17.9 Å². The van der Waals surface area contributed by atoms with Gasteiger partial charge in [0.15, 0.2) is 12.1 Å². The second kappa shape index (κ2) is 2.71. The first-order valence-electron chi connectivity index (χ1n) is 3.92. The van der Waals surface area contributed by atoms with Gasteiger partial charge in [-0.05, 0) is 6.92 Å². The van der Waals surface area contributed by atoms with Crippen LogP contribution in [0.4, 0.5) is 0 Å². The zero-order chi connectivity index (χ0) is 8.55. The van der Waals surface area contributed by atoms with Crippen molar-refractivity contribution in [1.82, 2.24) is 9.55 Å². The topological polar surface area (TPSA) is 44.1 Å². The molecule has 2 rings (SSSR count). The maximum Gasteiger partial charge on any atom is 0.185 e. The molecule has 64 valence electrons. The van der Waals surface area contributed by atoms with Crippen molar-refractivity contribution in [2.24, 2.45) is 0 Å². The predicted octanol–water partition coefficient (Wildman–Crippen LogP) is 0.614. The third-order valence-corrected chi connectivity index (χ3v) is 2.03. The molecule has 0 saturated carbocycles. The van der Waals surface area contributed by atoms with Crippen LogP contribution in [0.5, 0.6) is 0 Å². The number of hydrogen-bond acceptors (Lipinski definition) is 3. The monoisotopic (exact) mass is 166 g/mol. The van der Waals surface area contributed by atoms with Crippen molar-refractivity contribution < 1.29 is 9.53 Å². The van der Waals surface area contributed by atoms with Gasteiger partial charge in [0, 0.05) is 0 Å². The minimum Gasteiger partial charge on any atom is -0.370 e. The third kappa shape index (κ3) is 1.04. The highest BCUT2D eigenvalue weighted by Crippen LogP contribution is 2.14. The first-order chi connectivity index (χ1) is 5.81. The van der Waals surface area contributed by atoms with Gasteiger partial charge in [-0.1, -0.05) is 0 Å². The molecule has 1 atom stereocenters. The average molecular weight is 166 g/mol. The van der Waals surface area contributed by atoms with Crippen molar-refractivity contribution in [2.45, 2.75) is 26.2 Å². The van der Waals surface area contributed by atoms with E-state index in [-0.39, 0.29) is 6.10 Å². The van der Waals surface area contributed by atoms with E-state index in [0.29, 0.717) is 12.4 Å². The minimum atomic E-state index is 0.172. The van der Waals surface area contributed by atoms with E-state index >= 15 is 0 Å². The molecular formula is C8H10N2O2. The van der Waals surface area contributed by atoms with Crippen molar-refractivity contribution in [3.8, 4) is 0 Å². The molecule has 1 aromatic rings. The van der Waals surface area contributed by atoms with Crippen LogP contribution in [0, 0.1) is 0 Å². The number of imidazole rings is 1. The van der Waals surface area contributed by atoms with Crippen molar-refractivity contribution in [3.63, 3.8) is 0 Å². The summed E-state index contributed by atoms with van der Waals surface area (Å²) >= 11 is 0. The van der Waals surface area contributed by atoms with Gasteiger partial charge in [0.05, 0.1) is 31.1 Å². The van der Waals surface area contributed by atoms with E-state index < -0.39 is 0 Å². The lowest BCUT2D eigenvalue weighted by molar-refractivity contribution is 0.0162. The van der Waals surface area contributed by atoms with Crippen molar-refractivity contribution in [3.05, 3.63) is 17.7 Å². The Balaban J connectivity index is 2.40. The highest BCUT2D eigenvalue weighted by atomic mass is 16.5. The molecule has 0 spiro atoms. The molecule has 4 heteroatoms. The van der Waals surface area contributed by atoms with Crippen LogP contribution < -0.4 is 0 Å². The number of carbonyl (C=O) groups excluding carboxylic acids is 1.